The van der Waals surface area contributed by atoms with Crippen LogP contribution in [0.4, 0.5) is 0 Å². The minimum Gasteiger partial charge on any atom is -0.261 e. The quantitative estimate of drug-likeness (QED) is 0.446. The summed E-state index contributed by atoms with van der Waals surface area (Å²) in [5.41, 5.74) is 4.56. The average Bonchev–Trinajstić information content (AvgIpc) is 2.67. The number of aromatic nitrogens is 1. The summed E-state index contributed by atoms with van der Waals surface area (Å²) in [5.74, 6) is 0.121. The predicted octanol–water partition coefficient (Wildman–Crippen LogP) is 6.05. The first-order valence-corrected chi connectivity index (χ1v) is 9.50. The molecule has 2 unspecified atom stereocenters. The molecule has 0 aliphatic carbocycles. The van der Waals surface area contributed by atoms with Crippen molar-refractivity contribution in [1.82, 2.24) is 4.98 Å². The third-order valence-electron chi connectivity index (χ3n) is 4.66. The van der Waals surface area contributed by atoms with Crippen molar-refractivity contribution in [3.8, 4) is 0 Å². The van der Waals surface area contributed by atoms with Crippen LogP contribution in [-0.2, 0) is 6.42 Å². The van der Waals surface area contributed by atoms with Gasteiger partial charge in [-0.3, -0.25) is 4.98 Å². The SMILES string of the molecule is Cc1ccccc1C(CC(Cc1ccccn1)N=O)c1ccc(Br)cc1. The Morgan fingerprint density at radius 2 is 1.73 bits per heavy atom. The molecule has 26 heavy (non-hydrogen) atoms. The molecule has 1 aromatic heterocycles. The van der Waals surface area contributed by atoms with Crippen molar-refractivity contribution < 1.29 is 0 Å². The smallest absolute Gasteiger partial charge is 0.0984 e. The molecule has 2 atom stereocenters. The van der Waals surface area contributed by atoms with Crippen LogP contribution in [0.25, 0.3) is 0 Å². The Bertz CT molecular complexity index is 850. The lowest BCUT2D eigenvalue weighted by atomic mass is 9.83. The van der Waals surface area contributed by atoms with Crippen LogP contribution in [0.1, 0.15) is 34.7 Å². The zero-order valence-corrected chi connectivity index (χ0v) is 16.3. The summed E-state index contributed by atoms with van der Waals surface area (Å²) in [6, 6.07) is 22.1. The fourth-order valence-electron chi connectivity index (χ4n) is 3.31. The van der Waals surface area contributed by atoms with Crippen molar-refractivity contribution in [2.45, 2.75) is 31.7 Å². The molecule has 0 saturated carbocycles. The van der Waals surface area contributed by atoms with Crippen molar-refractivity contribution in [3.63, 3.8) is 0 Å². The lowest BCUT2D eigenvalue weighted by Gasteiger charge is -2.22. The maximum Gasteiger partial charge on any atom is 0.0984 e. The first-order valence-electron chi connectivity index (χ1n) is 8.70. The first kappa shape index (κ1) is 18.5. The third-order valence-corrected chi connectivity index (χ3v) is 5.19. The largest absolute Gasteiger partial charge is 0.261 e. The molecule has 2 aromatic carbocycles. The van der Waals surface area contributed by atoms with Crippen LogP contribution >= 0.6 is 15.9 Å². The predicted molar refractivity (Wildman–Crippen MR) is 109 cm³/mol. The summed E-state index contributed by atoms with van der Waals surface area (Å²) in [6.07, 6.45) is 2.97. The van der Waals surface area contributed by atoms with E-state index in [1.54, 1.807) is 6.20 Å². The van der Waals surface area contributed by atoms with Gasteiger partial charge < -0.3 is 0 Å². The molecule has 0 saturated heterocycles. The summed E-state index contributed by atoms with van der Waals surface area (Å²) < 4.78 is 1.04. The number of benzene rings is 2. The van der Waals surface area contributed by atoms with Crippen LogP contribution in [-0.4, -0.2) is 11.0 Å². The zero-order chi connectivity index (χ0) is 18.4. The van der Waals surface area contributed by atoms with Crippen LogP contribution < -0.4 is 0 Å². The van der Waals surface area contributed by atoms with E-state index < -0.39 is 0 Å². The van der Waals surface area contributed by atoms with Gasteiger partial charge in [-0.2, -0.15) is 4.91 Å². The second kappa shape index (κ2) is 8.86. The number of nitrogens with zero attached hydrogens (tertiary/aromatic N) is 2. The molecule has 0 aliphatic heterocycles. The van der Waals surface area contributed by atoms with Crippen LogP contribution in [0.5, 0.6) is 0 Å². The second-order valence-electron chi connectivity index (χ2n) is 6.48. The Hall–Kier alpha value is -2.33. The number of halogens is 1. The number of rotatable bonds is 7. The van der Waals surface area contributed by atoms with Crippen LogP contribution in [0.2, 0.25) is 0 Å². The molecule has 0 bridgehead atoms. The van der Waals surface area contributed by atoms with E-state index in [4.69, 9.17) is 0 Å². The van der Waals surface area contributed by atoms with Crippen molar-refractivity contribution in [1.29, 1.82) is 0 Å². The summed E-state index contributed by atoms with van der Waals surface area (Å²) in [4.78, 5) is 15.9. The van der Waals surface area contributed by atoms with E-state index >= 15 is 0 Å². The monoisotopic (exact) mass is 408 g/mol. The highest BCUT2D eigenvalue weighted by atomic mass is 79.9. The Balaban J connectivity index is 1.91. The van der Waals surface area contributed by atoms with Gasteiger partial charge in [0.2, 0.25) is 0 Å². The van der Waals surface area contributed by atoms with E-state index in [-0.39, 0.29) is 12.0 Å². The van der Waals surface area contributed by atoms with Gasteiger partial charge in [0, 0.05) is 28.7 Å². The Morgan fingerprint density at radius 3 is 2.38 bits per heavy atom. The minimum absolute atomic E-state index is 0.121. The molecule has 3 aromatic rings. The number of pyridine rings is 1. The van der Waals surface area contributed by atoms with Crippen molar-refractivity contribution in [2.24, 2.45) is 5.18 Å². The minimum atomic E-state index is -0.321. The van der Waals surface area contributed by atoms with Crippen LogP contribution in [0.3, 0.4) is 0 Å². The Kier molecular flexibility index (Phi) is 6.29. The standard InChI is InChI=1S/C22H21BrN2O/c1-16-6-2-3-8-21(16)22(17-9-11-18(23)12-10-17)15-20(25-26)14-19-7-4-5-13-24-19/h2-13,20,22H,14-15H2,1H3. The van der Waals surface area contributed by atoms with Crippen molar-refractivity contribution in [3.05, 3.63) is 105 Å². The molecule has 0 fully saturated rings. The molecule has 1 heterocycles. The van der Waals surface area contributed by atoms with Gasteiger partial charge >= 0.3 is 0 Å². The summed E-state index contributed by atoms with van der Waals surface area (Å²) in [7, 11) is 0. The molecule has 3 nitrogen and oxygen atoms in total. The zero-order valence-electron chi connectivity index (χ0n) is 14.7. The van der Waals surface area contributed by atoms with E-state index in [1.807, 2.05) is 36.4 Å². The molecule has 0 amide bonds. The topological polar surface area (TPSA) is 42.3 Å². The summed E-state index contributed by atoms with van der Waals surface area (Å²) in [5, 5.41) is 3.42. The van der Waals surface area contributed by atoms with Crippen LogP contribution in [0.15, 0.2) is 82.6 Å². The summed E-state index contributed by atoms with van der Waals surface area (Å²) >= 11 is 3.50. The second-order valence-corrected chi connectivity index (χ2v) is 7.40. The Labute approximate surface area is 162 Å². The lowest BCUT2D eigenvalue weighted by molar-refractivity contribution is 0.559. The van der Waals surface area contributed by atoms with E-state index in [9.17, 15) is 4.91 Å². The van der Waals surface area contributed by atoms with Gasteiger partial charge in [0.15, 0.2) is 0 Å². The molecule has 3 rings (SSSR count). The maximum absolute atomic E-state index is 11.6. The van der Waals surface area contributed by atoms with E-state index in [2.05, 4.69) is 63.3 Å². The van der Waals surface area contributed by atoms with Gasteiger partial charge in [0.05, 0.1) is 6.04 Å². The highest BCUT2D eigenvalue weighted by Gasteiger charge is 2.22. The van der Waals surface area contributed by atoms with Crippen LogP contribution in [0, 0.1) is 11.8 Å². The number of nitroso groups, excluding NO2 is 1. The molecule has 0 N–H and O–H groups in total. The Morgan fingerprint density at radius 1 is 1.00 bits per heavy atom. The van der Waals surface area contributed by atoms with Gasteiger partial charge in [0.1, 0.15) is 0 Å². The number of hydrogen-bond acceptors (Lipinski definition) is 3. The molecular weight excluding hydrogens is 388 g/mol. The van der Waals surface area contributed by atoms with E-state index in [0.29, 0.717) is 12.8 Å². The first-order chi connectivity index (χ1) is 12.7. The van der Waals surface area contributed by atoms with Gasteiger partial charge in [-0.15, -0.1) is 0 Å². The molecule has 0 radical (unpaired) electrons. The summed E-state index contributed by atoms with van der Waals surface area (Å²) in [6.45, 7) is 2.11. The lowest BCUT2D eigenvalue weighted by Crippen LogP contribution is -2.16. The maximum atomic E-state index is 11.6. The molecule has 132 valence electrons. The fraction of sp³-hybridized carbons (Fsp3) is 0.227. The van der Waals surface area contributed by atoms with Crippen molar-refractivity contribution in [2.75, 3.05) is 0 Å². The van der Waals surface area contributed by atoms with Gasteiger partial charge in [0.25, 0.3) is 0 Å². The van der Waals surface area contributed by atoms with Gasteiger partial charge in [-0.25, -0.2) is 0 Å². The number of hydrogen-bond donors (Lipinski definition) is 0. The highest BCUT2D eigenvalue weighted by molar-refractivity contribution is 9.10. The molecule has 4 heteroatoms. The van der Waals surface area contributed by atoms with E-state index in [1.165, 1.54) is 16.7 Å². The fourth-order valence-corrected chi connectivity index (χ4v) is 3.58. The third kappa shape index (κ3) is 4.64. The van der Waals surface area contributed by atoms with Crippen molar-refractivity contribution >= 4 is 15.9 Å². The number of aryl methyl sites for hydroxylation is 1. The molecule has 0 spiro atoms. The van der Waals surface area contributed by atoms with Gasteiger partial charge in [-0.1, -0.05) is 63.6 Å². The normalized spacial score (nSPS) is 13.2. The molecule has 0 aliphatic rings. The highest BCUT2D eigenvalue weighted by Crippen LogP contribution is 2.33. The average molecular weight is 409 g/mol. The molecular formula is C22H21BrN2O. The van der Waals surface area contributed by atoms with E-state index in [0.717, 1.165) is 10.2 Å². The van der Waals surface area contributed by atoms with Gasteiger partial charge in [-0.05, 0) is 54.3 Å².